The van der Waals surface area contributed by atoms with Gasteiger partial charge < -0.3 is 11.1 Å². The predicted molar refractivity (Wildman–Crippen MR) is 113 cm³/mol. The number of carbonyl (C=O) groups is 1. The van der Waals surface area contributed by atoms with Gasteiger partial charge in [-0.3, -0.25) is 4.79 Å². The van der Waals surface area contributed by atoms with Crippen LogP contribution in [-0.4, -0.2) is 5.91 Å². The lowest BCUT2D eigenvalue weighted by atomic mass is 9.99. The Labute approximate surface area is 170 Å². The molecule has 1 aliphatic rings. The summed E-state index contributed by atoms with van der Waals surface area (Å²) >= 11 is 5.94. The Morgan fingerprint density at radius 2 is 1.70 bits per heavy atom. The Hall–Kier alpha value is -2.33. The van der Waals surface area contributed by atoms with Crippen molar-refractivity contribution in [3.63, 3.8) is 0 Å². The SMILES string of the molecule is Cl.NC1(c2ccccc2)CC1c1ccc(NC(=O)c2cccc(Cl)c2)cc1. The van der Waals surface area contributed by atoms with E-state index in [9.17, 15) is 4.79 Å². The van der Waals surface area contributed by atoms with Gasteiger partial charge in [-0.05, 0) is 47.9 Å². The van der Waals surface area contributed by atoms with Crippen molar-refractivity contribution in [3.8, 4) is 0 Å². The van der Waals surface area contributed by atoms with Gasteiger partial charge >= 0.3 is 0 Å². The minimum Gasteiger partial charge on any atom is -0.322 e. The van der Waals surface area contributed by atoms with Gasteiger partial charge in [0.25, 0.3) is 5.91 Å². The number of amides is 1. The molecule has 3 N–H and O–H groups in total. The summed E-state index contributed by atoms with van der Waals surface area (Å²) in [6, 6.07) is 25.0. The topological polar surface area (TPSA) is 55.1 Å². The molecule has 4 rings (SSSR count). The molecule has 27 heavy (non-hydrogen) atoms. The Morgan fingerprint density at radius 1 is 1.00 bits per heavy atom. The van der Waals surface area contributed by atoms with E-state index in [1.165, 1.54) is 11.1 Å². The fraction of sp³-hybridized carbons (Fsp3) is 0.136. The van der Waals surface area contributed by atoms with Gasteiger partial charge in [0.05, 0.1) is 0 Å². The molecule has 3 aromatic carbocycles. The third-order valence-electron chi connectivity index (χ3n) is 4.97. The van der Waals surface area contributed by atoms with E-state index < -0.39 is 0 Å². The number of anilines is 1. The second-order valence-electron chi connectivity index (χ2n) is 6.75. The fourth-order valence-electron chi connectivity index (χ4n) is 3.39. The molecule has 138 valence electrons. The van der Waals surface area contributed by atoms with E-state index in [0.29, 0.717) is 16.5 Å². The number of benzene rings is 3. The molecule has 2 atom stereocenters. The molecule has 1 aliphatic carbocycles. The van der Waals surface area contributed by atoms with Crippen LogP contribution >= 0.6 is 24.0 Å². The number of carbonyl (C=O) groups excluding carboxylic acids is 1. The van der Waals surface area contributed by atoms with Crippen LogP contribution in [0.1, 0.15) is 33.8 Å². The van der Waals surface area contributed by atoms with Gasteiger partial charge in [0.15, 0.2) is 0 Å². The van der Waals surface area contributed by atoms with Crippen LogP contribution in [0.25, 0.3) is 0 Å². The average molecular weight is 399 g/mol. The molecule has 0 aromatic heterocycles. The Kier molecular flexibility index (Phi) is 5.56. The van der Waals surface area contributed by atoms with Gasteiger partial charge in [0.2, 0.25) is 0 Å². The number of hydrogen-bond donors (Lipinski definition) is 2. The Morgan fingerprint density at radius 3 is 2.37 bits per heavy atom. The summed E-state index contributed by atoms with van der Waals surface area (Å²) in [6.07, 6.45) is 0.936. The van der Waals surface area contributed by atoms with Crippen molar-refractivity contribution < 1.29 is 4.79 Å². The monoisotopic (exact) mass is 398 g/mol. The maximum Gasteiger partial charge on any atom is 0.255 e. The number of halogens is 2. The maximum atomic E-state index is 12.3. The third-order valence-corrected chi connectivity index (χ3v) is 5.21. The van der Waals surface area contributed by atoms with Gasteiger partial charge in [-0.15, -0.1) is 12.4 Å². The van der Waals surface area contributed by atoms with E-state index >= 15 is 0 Å². The molecule has 1 fully saturated rings. The van der Waals surface area contributed by atoms with E-state index in [0.717, 1.165) is 12.1 Å². The highest BCUT2D eigenvalue weighted by molar-refractivity contribution is 6.31. The molecule has 5 heteroatoms. The summed E-state index contributed by atoms with van der Waals surface area (Å²) in [5.74, 6) is 0.131. The number of nitrogens with one attached hydrogen (secondary N) is 1. The van der Waals surface area contributed by atoms with E-state index in [1.807, 2.05) is 42.5 Å². The van der Waals surface area contributed by atoms with E-state index in [-0.39, 0.29) is 23.9 Å². The lowest BCUT2D eigenvalue weighted by Gasteiger charge is -2.12. The number of rotatable bonds is 4. The molecule has 1 amide bonds. The second-order valence-corrected chi connectivity index (χ2v) is 7.19. The van der Waals surface area contributed by atoms with Crippen LogP contribution in [0.2, 0.25) is 5.02 Å². The average Bonchev–Trinajstić information content (AvgIpc) is 3.36. The molecular formula is C22H20Cl2N2O. The van der Waals surface area contributed by atoms with Crippen molar-refractivity contribution in [2.24, 2.45) is 5.73 Å². The van der Waals surface area contributed by atoms with Crippen LogP contribution in [0.4, 0.5) is 5.69 Å². The molecule has 3 aromatic rings. The Balaban J connectivity index is 0.00000210. The predicted octanol–water partition coefficient (Wildman–Crippen LogP) is 5.36. The standard InChI is InChI=1S/C22H19ClN2O.ClH/c23-18-8-4-5-16(13-18)21(26)25-19-11-9-15(10-12-19)20-14-22(20,24)17-6-2-1-3-7-17;/h1-13,20H,14,24H2,(H,25,26);1H. The molecular weight excluding hydrogens is 379 g/mol. The largest absolute Gasteiger partial charge is 0.322 e. The van der Waals surface area contributed by atoms with Crippen molar-refractivity contribution in [3.05, 3.63) is 101 Å². The minimum atomic E-state index is -0.285. The lowest BCUT2D eigenvalue weighted by molar-refractivity contribution is 0.102. The highest BCUT2D eigenvalue weighted by Crippen LogP contribution is 2.56. The zero-order chi connectivity index (χ0) is 18.1. The van der Waals surface area contributed by atoms with Gasteiger partial charge in [-0.1, -0.05) is 60.1 Å². The molecule has 2 unspecified atom stereocenters. The molecule has 3 nitrogen and oxygen atoms in total. The van der Waals surface area contributed by atoms with Crippen LogP contribution in [-0.2, 0) is 5.54 Å². The van der Waals surface area contributed by atoms with E-state index in [1.54, 1.807) is 24.3 Å². The van der Waals surface area contributed by atoms with Crippen molar-refractivity contribution in [1.82, 2.24) is 0 Å². The first-order chi connectivity index (χ1) is 12.6. The van der Waals surface area contributed by atoms with Crippen LogP contribution in [0.3, 0.4) is 0 Å². The quantitative estimate of drug-likeness (QED) is 0.621. The Bertz CT molecular complexity index is 944. The summed E-state index contributed by atoms with van der Waals surface area (Å²) in [6.45, 7) is 0. The number of nitrogens with two attached hydrogens (primary N) is 1. The smallest absolute Gasteiger partial charge is 0.255 e. The first-order valence-electron chi connectivity index (χ1n) is 8.57. The first-order valence-corrected chi connectivity index (χ1v) is 8.95. The highest BCUT2D eigenvalue weighted by Gasteiger charge is 2.52. The minimum absolute atomic E-state index is 0. The summed E-state index contributed by atoms with van der Waals surface area (Å²) in [4.78, 5) is 12.3. The summed E-state index contributed by atoms with van der Waals surface area (Å²) in [7, 11) is 0. The van der Waals surface area contributed by atoms with Crippen molar-refractivity contribution in [2.45, 2.75) is 17.9 Å². The summed E-state index contributed by atoms with van der Waals surface area (Å²) in [5.41, 5.74) is 9.93. The summed E-state index contributed by atoms with van der Waals surface area (Å²) < 4.78 is 0. The second kappa shape index (κ2) is 7.73. The van der Waals surface area contributed by atoms with Crippen LogP contribution in [0, 0.1) is 0 Å². The molecule has 1 saturated carbocycles. The van der Waals surface area contributed by atoms with Gasteiger partial charge in [-0.2, -0.15) is 0 Å². The van der Waals surface area contributed by atoms with Crippen LogP contribution in [0.5, 0.6) is 0 Å². The maximum absolute atomic E-state index is 12.3. The van der Waals surface area contributed by atoms with Crippen molar-refractivity contribution in [1.29, 1.82) is 0 Å². The molecule has 0 spiro atoms. The van der Waals surface area contributed by atoms with Gasteiger partial charge in [-0.25, -0.2) is 0 Å². The van der Waals surface area contributed by atoms with Crippen molar-refractivity contribution in [2.75, 3.05) is 5.32 Å². The molecule has 0 saturated heterocycles. The highest BCUT2D eigenvalue weighted by atomic mass is 35.5. The molecule has 0 aliphatic heterocycles. The molecule has 0 bridgehead atoms. The molecule has 0 radical (unpaired) electrons. The number of hydrogen-bond acceptors (Lipinski definition) is 2. The normalized spacial score (nSPS) is 20.4. The lowest BCUT2D eigenvalue weighted by Crippen LogP contribution is -2.21. The first kappa shape index (κ1) is 19.4. The van der Waals surface area contributed by atoms with E-state index in [2.05, 4.69) is 17.4 Å². The van der Waals surface area contributed by atoms with Crippen molar-refractivity contribution >= 4 is 35.6 Å². The zero-order valence-corrected chi connectivity index (χ0v) is 16.1. The van der Waals surface area contributed by atoms with Crippen LogP contribution < -0.4 is 11.1 Å². The molecule has 0 heterocycles. The third kappa shape index (κ3) is 4.01. The van der Waals surface area contributed by atoms with Gasteiger partial charge in [0, 0.05) is 27.7 Å². The summed E-state index contributed by atoms with van der Waals surface area (Å²) in [5, 5.41) is 3.44. The zero-order valence-electron chi connectivity index (χ0n) is 14.6. The van der Waals surface area contributed by atoms with Gasteiger partial charge in [0.1, 0.15) is 0 Å². The van der Waals surface area contributed by atoms with Crippen LogP contribution in [0.15, 0.2) is 78.9 Å². The fourth-order valence-corrected chi connectivity index (χ4v) is 3.58. The van der Waals surface area contributed by atoms with E-state index in [4.69, 9.17) is 17.3 Å².